The lowest BCUT2D eigenvalue weighted by Crippen LogP contribution is -2.47. The Kier molecular flexibility index (Phi) is 8.68. The average Bonchev–Trinajstić information content (AvgIpc) is 2.62. The van der Waals surface area contributed by atoms with E-state index in [1.54, 1.807) is 0 Å². The molecule has 0 saturated carbocycles. The summed E-state index contributed by atoms with van der Waals surface area (Å²) in [4.78, 5) is 26.3. The van der Waals surface area contributed by atoms with E-state index in [0.29, 0.717) is 24.8 Å². The minimum Gasteiger partial charge on any atom is -0.355 e. The third kappa shape index (κ3) is 7.32. The van der Waals surface area contributed by atoms with Crippen LogP contribution >= 0.6 is 0 Å². The quantitative estimate of drug-likeness (QED) is 0.612. The third-order valence-corrected chi connectivity index (χ3v) is 5.54. The van der Waals surface area contributed by atoms with E-state index in [1.807, 2.05) is 0 Å². The van der Waals surface area contributed by atoms with E-state index < -0.39 is 0 Å². The van der Waals surface area contributed by atoms with Crippen molar-refractivity contribution in [1.29, 1.82) is 0 Å². The molecule has 144 valence electrons. The van der Waals surface area contributed by atoms with Gasteiger partial charge in [0.25, 0.3) is 0 Å². The smallest absolute Gasteiger partial charge is 0.234 e. The summed E-state index contributed by atoms with van der Waals surface area (Å²) in [7, 11) is 0. The highest BCUT2D eigenvalue weighted by molar-refractivity contribution is 5.78. The van der Waals surface area contributed by atoms with Crippen molar-refractivity contribution in [2.24, 2.45) is 11.8 Å². The Hall–Kier alpha value is -1.14. The molecule has 2 atom stereocenters. The predicted molar refractivity (Wildman–Crippen MR) is 100 cm³/mol. The Balaban J connectivity index is 1.62. The standard InChI is InChI=1S/C19H36N4O2/c1-3-8-21-19(25)14-23-10-6-17(7-11-23)22-18(24)12-15(2)16-5-4-9-20-13-16/h15-17,20H,3-14H2,1-2H3,(H,21,25)(H,22,24). The van der Waals surface area contributed by atoms with E-state index in [4.69, 9.17) is 0 Å². The van der Waals surface area contributed by atoms with Gasteiger partial charge in [-0.05, 0) is 57.0 Å². The summed E-state index contributed by atoms with van der Waals surface area (Å²) in [6.07, 6.45) is 5.93. The minimum atomic E-state index is 0.110. The molecule has 6 heteroatoms. The Morgan fingerprint density at radius 1 is 1.20 bits per heavy atom. The summed E-state index contributed by atoms with van der Waals surface area (Å²) in [5.74, 6) is 1.37. The zero-order valence-corrected chi connectivity index (χ0v) is 16.0. The van der Waals surface area contributed by atoms with E-state index in [9.17, 15) is 9.59 Å². The molecule has 0 aromatic rings. The summed E-state index contributed by atoms with van der Waals surface area (Å²) < 4.78 is 0. The highest BCUT2D eigenvalue weighted by Gasteiger charge is 2.25. The van der Waals surface area contributed by atoms with Crippen molar-refractivity contribution in [2.45, 2.75) is 58.4 Å². The lowest BCUT2D eigenvalue weighted by atomic mass is 9.85. The molecular weight excluding hydrogens is 316 g/mol. The van der Waals surface area contributed by atoms with Crippen LogP contribution in [0.3, 0.4) is 0 Å². The number of carbonyl (C=O) groups is 2. The average molecular weight is 353 g/mol. The predicted octanol–water partition coefficient (Wildman–Crippen LogP) is 1.12. The van der Waals surface area contributed by atoms with Crippen molar-refractivity contribution in [2.75, 3.05) is 39.3 Å². The SMILES string of the molecule is CCCNC(=O)CN1CCC(NC(=O)CC(C)C2CCCNC2)CC1. The number of hydrogen-bond acceptors (Lipinski definition) is 4. The van der Waals surface area contributed by atoms with Crippen LogP contribution in [0, 0.1) is 11.8 Å². The van der Waals surface area contributed by atoms with Gasteiger partial charge < -0.3 is 16.0 Å². The van der Waals surface area contributed by atoms with Gasteiger partial charge in [-0.1, -0.05) is 13.8 Å². The number of piperidine rings is 2. The molecule has 2 amide bonds. The molecule has 0 spiro atoms. The molecule has 3 N–H and O–H groups in total. The monoisotopic (exact) mass is 352 g/mol. The molecular formula is C19H36N4O2. The Morgan fingerprint density at radius 2 is 1.96 bits per heavy atom. The van der Waals surface area contributed by atoms with Crippen molar-refractivity contribution in [3.8, 4) is 0 Å². The Morgan fingerprint density at radius 3 is 2.60 bits per heavy atom. The summed E-state index contributed by atoms with van der Waals surface area (Å²) >= 11 is 0. The number of carbonyl (C=O) groups excluding carboxylic acids is 2. The second-order valence-corrected chi connectivity index (χ2v) is 7.76. The fourth-order valence-electron chi connectivity index (χ4n) is 3.87. The van der Waals surface area contributed by atoms with Gasteiger partial charge in [-0.25, -0.2) is 0 Å². The van der Waals surface area contributed by atoms with Crippen molar-refractivity contribution < 1.29 is 9.59 Å². The normalized spacial score (nSPS) is 23.8. The van der Waals surface area contributed by atoms with E-state index in [2.05, 4.69) is 34.7 Å². The van der Waals surface area contributed by atoms with E-state index in [0.717, 1.165) is 52.0 Å². The van der Waals surface area contributed by atoms with Gasteiger partial charge in [-0.15, -0.1) is 0 Å². The van der Waals surface area contributed by atoms with Gasteiger partial charge in [0.05, 0.1) is 6.54 Å². The van der Waals surface area contributed by atoms with Gasteiger partial charge in [0.1, 0.15) is 0 Å². The lowest BCUT2D eigenvalue weighted by molar-refractivity contribution is -0.124. The summed E-state index contributed by atoms with van der Waals surface area (Å²) in [6.45, 7) is 9.41. The topological polar surface area (TPSA) is 73.5 Å². The van der Waals surface area contributed by atoms with Crippen molar-refractivity contribution >= 4 is 11.8 Å². The van der Waals surface area contributed by atoms with Crippen LogP contribution in [0.1, 0.15) is 52.4 Å². The highest BCUT2D eigenvalue weighted by Crippen LogP contribution is 2.22. The van der Waals surface area contributed by atoms with Crippen LogP contribution in [0.15, 0.2) is 0 Å². The summed E-state index contributed by atoms with van der Waals surface area (Å²) in [5, 5.41) is 9.56. The number of amides is 2. The number of hydrogen-bond donors (Lipinski definition) is 3. The molecule has 25 heavy (non-hydrogen) atoms. The maximum atomic E-state index is 12.3. The van der Waals surface area contributed by atoms with Crippen molar-refractivity contribution in [3.05, 3.63) is 0 Å². The van der Waals surface area contributed by atoms with E-state index in [1.165, 1.54) is 12.8 Å². The zero-order valence-electron chi connectivity index (χ0n) is 16.0. The molecule has 2 aliphatic heterocycles. The molecule has 0 radical (unpaired) electrons. The van der Waals surface area contributed by atoms with Crippen LogP contribution in [0.2, 0.25) is 0 Å². The van der Waals surface area contributed by atoms with E-state index in [-0.39, 0.29) is 17.9 Å². The number of rotatable bonds is 8. The zero-order chi connectivity index (χ0) is 18.1. The number of nitrogens with one attached hydrogen (secondary N) is 3. The molecule has 2 fully saturated rings. The van der Waals surface area contributed by atoms with Crippen LogP contribution in [-0.2, 0) is 9.59 Å². The Labute approximate surface area is 152 Å². The first kappa shape index (κ1) is 20.2. The Bertz CT molecular complexity index is 416. The fraction of sp³-hybridized carbons (Fsp3) is 0.895. The molecule has 2 unspecified atom stereocenters. The van der Waals surface area contributed by atoms with Crippen LogP contribution in [0.25, 0.3) is 0 Å². The first-order valence-electron chi connectivity index (χ1n) is 10.1. The van der Waals surface area contributed by atoms with Crippen LogP contribution in [-0.4, -0.2) is 62.0 Å². The van der Waals surface area contributed by atoms with Gasteiger partial charge in [0.2, 0.25) is 11.8 Å². The molecule has 2 heterocycles. The molecule has 0 aromatic carbocycles. The largest absolute Gasteiger partial charge is 0.355 e. The summed E-state index contributed by atoms with van der Waals surface area (Å²) in [6, 6.07) is 0.263. The number of nitrogens with zero attached hydrogens (tertiary/aromatic N) is 1. The highest BCUT2D eigenvalue weighted by atomic mass is 16.2. The molecule has 2 rings (SSSR count). The second kappa shape index (κ2) is 10.8. The van der Waals surface area contributed by atoms with Gasteiger partial charge in [-0.2, -0.15) is 0 Å². The molecule has 2 aliphatic rings. The maximum absolute atomic E-state index is 12.3. The molecule has 6 nitrogen and oxygen atoms in total. The molecule has 2 saturated heterocycles. The molecule has 0 bridgehead atoms. The lowest BCUT2D eigenvalue weighted by Gasteiger charge is -2.32. The fourth-order valence-corrected chi connectivity index (χ4v) is 3.87. The van der Waals surface area contributed by atoms with Crippen LogP contribution < -0.4 is 16.0 Å². The molecule has 0 aromatic heterocycles. The minimum absolute atomic E-state index is 0.110. The van der Waals surface area contributed by atoms with Gasteiger partial charge in [0, 0.05) is 32.1 Å². The van der Waals surface area contributed by atoms with Gasteiger partial charge in [-0.3, -0.25) is 14.5 Å². The summed E-state index contributed by atoms with van der Waals surface area (Å²) in [5.41, 5.74) is 0. The number of likely N-dealkylation sites (tertiary alicyclic amines) is 1. The molecule has 0 aliphatic carbocycles. The second-order valence-electron chi connectivity index (χ2n) is 7.76. The van der Waals surface area contributed by atoms with Crippen molar-refractivity contribution in [3.63, 3.8) is 0 Å². The maximum Gasteiger partial charge on any atom is 0.234 e. The van der Waals surface area contributed by atoms with Crippen LogP contribution in [0.5, 0.6) is 0 Å². The first-order valence-corrected chi connectivity index (χ1v) is 10.1. The third-order valence-electron chi connectivity index (χ3n) is 5.54. The van der Waals surface area contributed by atoms with Crippen LogP contribution in [0.4, 0.5) is 0 Å². The first-order chi connectivity index (χ1) is 12.1. The van der Waals surface area contributed by atoms with E-state index >= 15 is 0 Å². The van der Waals surface area contributed by atoms with Gasteiger partial charge in [0.15, 0.2) is 0 Å². The van der Waals surface area contributed by atoms with Gasteiger partial charge >= 0.3 is 0 Å². The van der Waals surface area contributed by atoms with Crippen molar-refractivity contribution in [1.82, 2.24) is 20.9 Å².